The van der Waals surface area contributed by atoms with Gasteiger partial charge in [0, 0.05) is 26.2 Å². The van der Waals surface area contributed by atoms with Gasteiger partial charge >= 0.3 is 0 Å². The lowest BCUT2D eigenvalue weighted by Gasteiger charge is -2.41. The average Bonchev–Trinajstić information content (AvgIpc) is 2.87. The lowest BCUT2D eigenvalue weighted by molar-refractivity contribution is 0.212. The molecule has 1 saturated heterocycles. The van der Waals surface area contributed by atoms with Gasteiger partial charge in [-0.2, -0.15) is 0 Å². The molecule has 4 aromatic rings. The molecule has 0 aliphatic carbocycles. The first-order valence-electron chi connectivity index (χ1n) is 12.0. The summed E-state index contributed by atoms with van der Waals surface area (Å²) in [5.41, 5.74) is 7.32. The van der Waals surface area contributed by atoms with Crippen LogP contribution in [0.4, 0.5) is 5.69 Å². The highest BCUT2D eigenvalue weighted by atomic mass is 16.2. The Morgan fingerprint density at radius 3 is 1.74 bits per heavy atom. The van der Waals surface area contributed by atoms with Crippen LogP contribution in [-0.4, -0.2) is 31.1 Å². The van der Waals surface area contributed by atoms with Crippen LogP contribution in [0.2, 0.25) is 0 Å². The van der Waals surface area contributed by atoms with E-state index in [0.717, 1.165) is 42.9 Å². The van der Waals surface area contributed by atoms with Gasteiger partial charge in [0.05, 0.1) is 11.6 Å². The summed E-state index contributed by atoms with van der Waals surface area (Å²) in [6.07, 6.45) is 0. The Kier molecular flexibility index (Phi) is 5.93. The molecule has 172 valence electrons. The van der Waals surface area contributed by atoms with E-state index in [9.17, 15) is 9.59 Å². The normalized spacial score (nSPS) is 14.8. The van der Waals surface area contributed by atoms with Crippen molar-refractivity contribution in [1.82, 2.24) is 4.90 Å². The topological polar surface area (TPSA) is 40.6 Å². The Hall–Kier alpha value is -3.50. The first-order valence-corrected chi connectivity index (χ1v) is 12.0. The molecule has 0 spiro atoms. The highest BCUT2D eigenvalue weighted by molar-refractivity contribution is 5.85. The molecule has 1 aliphatic rings. The van der Waals surface area contributed by atoms with E-state index in [-0.39, 0.29) is 16.9 Å². The monoisotopic (exact) mass is 450 g/mol. The SMILES string of the molecule is Cc1cc(C)c(-c2c(N3CCN(C(c4ccccc4)c4ccccc4)CC3)c(=O)c2=O)cc1C. The van der Waals surface area contributed by atoms with E-state index in [0.29, 0.717) is 11.3 Å². The quantitative estimate of drug-likeness (QED) is 0.410. The van der Waals surface area contributed by atoms with Gasteiger partial charge in [0.1, 0.15) is 5.69 Å². The standard InChI is InChI=1S/C30H30N2O2/c1-20-18-22(3)25(19-21(20)2)26-28(30(34)29(26)33)32-16-14-31(15-17-32)27(23-10-6-4-7-11-23)24-12-8-5-9-13-24/h4-13,18-19,27H,14-17H2,1-3H3. The number of rotatable bonds is 5. The highest BCUT2D eigenvalue weighted by Gasteiger charge is 2.32. The minimum atomic E-state index is -0.352. The molecule has 1 heterocycles. The van der Waals surface area contributed by atoms with Crippen LogP contribution in [-0.2, 0) is 0 Å². The molecule has 0 saturated carbocycles. The number of hydrogen-bond acceptors (Lipinski definition) is 4. The molecular formula is C30H30N2O2. The molecule has 0 N–H and O–H groups in total. The molecule has 1 fully saturated rings. The van der Waals surface area contributed by atoms with Crippen LogP contribution in [0.5, 0.6) is 0 Å². The van der Waals surface area contributed by atoms with Crippen molar-refractivity contribution < 1.29 is 0 Å². The molecule has 0 atom stereocenters. The van der Waals surface area contributed by atoms with E-state index >= 15 is 0 Å². The van der Waals surface area contributed by atoms with Gasteiger partial charge in [0.15, 0.2) is 0 Å². The smallest absolute Gasteiger partial charge is 0.250 e. The Balaban J connectivity index is 1.42. The molecule has 5 rings (SSSR count). The van der Waals surface area contributed by atoms with Crippen LogP contribution in [0.15, 0.2) is 82.4 Å². The first kappa shape index (κ1) is 22.3. The summed E-state index contributed by atoms with van der Waals surface area (Å²) in [6.45, 7) is 9.22. The summed E-state index contributed by atoms with van der Waals surface area (Å²) in [7, 11) is 0. The van der Waals surface area contributed by atoms with E-state index in [1.54, 1.807) is 0 Å². The van der Waals surface area contributed by atoms with Crippen molar-refractivity contribution in [2.45, 2.75) is 26.8 Å². The number of nitrogens with zero attached hydrogens (tertiary/aromatic N) is 2. The van der Waals surface area contributed by atoms with Crippen LogP contribution in [0.1, 0.15) is 33.9 Å². The predicted molar refractivity (Wildman–Crippen MR) is 140 cm³/mol. The summed E-state index contributed by atoms with van der Waals surface area (Å²) in [6, 6.07) is 25.5. The maximum atomic E-state index is 12.7. The third-order valence-electron chi connectivity index (χ3n) is 7.22. The lowest BCUT2D eigenvalue weighted by Crippen LogP contribution is -2.52. The Bertz CT molecular complexity index is 1340. The zero-order valence-electron chi connectivity index (χ0n) is 20.0. The number of aryl methyl sites for hydroxylation is 3. The minimum Gasteiger partial charge on any atom is -0.365 e. The van der Waals surface area contributed by atoms with Crippen molar-refractivity contribution in [3.63, 3.8) is 0 Å². The van der Waals surface area contributed by atoms with Crippen molar-refractivity contribution >= 4 is 5.69 Å². The number of anilines is 1. The van der Waals surface area contributed by atoms with Gasteiger partial charge in [-0.1, -0.05) is 72.8 Å². The number of hydrogen-bond donors (Lipinski definition) is 0. The van der Waals surface area contributed by atoms with Gasteiger partial charge in [-0.3, -0.25) is 14.5 Å². The fraction of sp³-hybridized carbons (Fsp3) is 0.267. The van der Waals surface area contributed by atoms with E-state index in [1.807, 2.05) is 19.1 Å². The van der Waals surface area contributed by atoms with Crippen molar-refractivity contribution in [3.05, 3.63) is 121 Å². The van der Waals surface area contributed by atoms with Gasteiger partial charge < -0.3 is 4.90 Å². The molecular weight excluding hydrogens is 420 g/mol. The summed E-state index contributed by atoms with van der Waals surface area (Å²) in [5, 5.41) is 0. The van der Waals surface area contributed by atoms with E-state index in [2.05, 4.69) is 84.3 Å². The van der Waals surface area contributed by atoms with Gasteiger partial charge in [0.25, 0.3) is 0 Å². The zero-order valence-corrected chi connectivity index (χ0v) is 20.0. The Morgan fingerprint density at radius 2 is 1.18 bits per heavy atom. The van der Waals surface area contributed by atoms with Crippen molar-refractivity contribution in [1.29, 1.82) is 0 Å². The third kappa shape index (κ3) is 3.88. The van der Waals surface area contributed by atoms with Gasteiger partial charge in [-0.05, 0) is 54.2 Å². The average molecular weight is 451 g/mol. The van der Waals surface area contributed by atoms with E-state index in [1.165, 1.54) is 16.7 Å². The van der Waals surface area contributed by atoms with Crippen LogP contribution in [0.25, 0.3) is 11.1 Å². The van der Waals surface area contributed by atoms with Crippen molar-refractivity contribution in [2.75, 3.05) is 31.1 Å². The van der Waals surface area contributed by atoms with Crippen LogP contribution >= 0.6 is 0 Å². The van der Waals surface area contributed by atoms with Gasteiger partial charge in [-0.25, -0.2) is 0 Å². The molecule has 0 amide bonds. The van der Waals surface area contributed by atoms with Crippen LogP contribution < -0.4 is 15.8 Å². The zero-order chi connectivity index (χ0) is 23.8. The number of piperazine rings is 1. The first-order chi connectivity index (χ1) is 16.5. The fourth-order valence-corrected chi connectivity index (χ4v) is 5.25. The van der Waals surface area contributed by atoms with Crippen molar-refractivity contribution in [3.8, 4) is 11.1 Å². The molecule has 4 heteroatoms. The summed E-state index contributed by atoms with van der Waals surface area (Å²) in [5.74, 6) is 0. The van der Waals surface area contributed by atoms with Crippen LogP contribution in [0.3, 0.4) is 0 Å². The van der Waals surface area contributed by atoms with Gasteiger partial charge in [0.2, 0.25) is 10.9 Å². The second-order valence-corrected chi connectivity index (χ2v) is 9.38. The molecule has 0 unspecified atom stereocenters. The predicted octanol–water partition coefficient (Wildman–Crippen LogP) is 4.79. The Labute approximate surface area is 200 Å². The molecule has 0 radical (unpaired) electrons. The summed E-state index contributed by atoms with van der Waals surface area (Å²) >= 11 is 0. The number of benzene rings is 3. The highest BCUT2D eigenvalue weighted by Crippen LogP contribution is 2.34. The summed E-state index contributed by atoms with van der Waals surface area (Å²) < 4.78 is 0. The third-order valence-corrected chi connectivity index (χ3v) is 7.22. The maximum absolute atomic E-state index is 12.7. The minimum absolute atomic E-state index is 0.165. The van der Waals surface area contributed by atoms with E-state index in [4.69, 9.17) is 0 Å². The molecule has 1 aliphatic heterocycles. The Morgan fingerprint density at radius 1 is 0.647 bits per heavy atom. The molecule has 4 nitrogen and oxygen atoms in total. The second kappa shape index (κ2) is 9.03. The van der Waals surface area contributed by atoms with Gasteiger partial charge in [-0.15, -0.1) is 0 Å². The lowest BCUT2D eigenvalue weighted by atomic mass is 9.90. The van der Waals surface area contributed by atoms with E-state index < -0.39 is 0 Å². The largest absolute Gasteiger partial charge is 0.365 e. The molecule has 0 bridgehead atoms. The van der Waals surface area contributed by atoms with Crippen molar-refractivity contribution in [2.24, 2.45) is 0 Å². The summed E-state index contributed by atoms with van der Waals surface area (Å²) in [4.78, 5) is 30.0. The fourth-order valence-electron chi connectivity index (χ4n) is 5.25. The molecule has 4 aromatic carbocycles. The second-order valence-electron chi connectivity index (χ2n) is 9.38. The van der Waals surface area contributed by atoms with Crippen LogP contribution in [0, 0.1) is 20.8 Å². The molecule has 0 aromatic heterocycles. The maximum Gasteiger partial charge on any atom is 0.250 e. The molecule has 34 heavy (non-hydrogen) atoms.